The van der Waals surface area contributed by atoms with Crippen LogP contribution in [-0.4, -0.2) is 71.4 Å². The number of benzene rings is 1. The SMILES string of the molecule is CCOC(=O)[C@H]1[C@H]2C(=O)N([C@@H](CO)C(C)C)C(C(=O)Nc3ccc(OC)cc3)C23CC[C@]1(C)O3. The highest BCUT2D eigenvalue weighted by Gasteiger charge is 2.78. The summed E-state index contributed by atoms with van der Waals surface area (Å²) in [5, 5.41) is 13.1. The topological polar surface area (TPSA) is 114 Å². The van der Waals surface area contributed by atoms with E-state index >= 15 is 0 Å². The molecule has 1 aromatic carbocycles. The summed E-state index contributed by atoms with van der Waals surface area (Å²) < 4.78 is 17.0. The first kappa shape index (κ1) is 24.5. The van der Waals surface area contributed by atoms with E-state index in [4.69, 9.17) is 14.2 Å². The Morgan fingerprint density at radius 3 is 2.50 bits per heavy atom. The molecular weight excluding hydrogens is 440 g/mol. The van der Waals surface area contributed by atoms with Gasteiger partial charge >= 0.3 is 5.97 Å². The van der Waals surface area contributed by atoms with Crippen LogP contribution in [0.25, 0.3) is 0 Å². The molecule has 2 N–H and O–H groups in total. The van der Waals surface area contributed by atoms with Gasteiger partial charge in [0, 0.05) is 5.69 Å². The van der Waals surface area contributed by atoms with Gasteiger partial charge < -0.3 is 29.5 Å². The summed E-state index contributed by atoms with van der Waals surface area (Å²) in [6.07, 6.45) is 0.995. The van der Waals surface area contributed by atoms with Gasteiger partial charge in [-0.15, -0.1) is 0 Å². The predicted octanol–water partition coefficient (Wildman–Crippen LogP) is 1.98. The lowest BCUT2D eigenvalue weighted by Crippen LogP contribution is -2.57. The number of anilines is 1. The highest BCUT2D eigenvalue weighted by atomic mass is 16.6. The van der Waals surface area contributed by atoms with Crippen molar-refractivity contribution in [2.75, 3.05) is 25.6 Å². The number of esters is 1. The van der Waals surface area contributed by atoms with Crippen LogP contribution in [0.15, 0.2) is 24.3 Å². The maximum absolute atomic E-state index is 13.9. The molecule has 2 amide bonds. The number of rotatable bonds is 8. The number of carbonyl (C=O) groups excluding carboxylic acids is 3. The Hall–Kier alpha value is -2.65. The van der Waals surface area contributed by atoms with Crippen LogP contribution >= 0.6 is 0 Å². The highest BCUT2D eigenvalue weighted by molar-refractivity contribution is 6.03. The summed E-state index contributed by atoms with van der Waals surface area (Å²) in [5.74, 6) is -2.35. The molecular formula is C25H34N2O7. The molecule has 6 atom stereocenters. The van der Waals surface area contributed by atoms with Crippen molar-refractivity contribution in [3.63, 3.8) is 0 Å². The molecule has 0 radical (unpaired) electrons. The number of aliphatic hydroxyl groups is 1. The van der Waals surface area contributed by atoms with Crippen molar-refractivity contribution in [3.05, 3.63) is 24.3 Å². The number of nitrogens with one attached hydrogen (secondary N) is 1. The fourth-order valence-corrected chi connectivity index (χ4v) is 6.12. The lowest BCUT2D eigenvalue weighted by Gasteiger charge is -2.38. The van der Waals surface area contributed by atoms with E-state index in [1.807, 2.05) is 20.8 Å². The summed E-state index contributed by atoms with van der Waals surface area (Å²) in [4.78, 5) is 42.2. The molecule has 3 heterocycles. The number of methoxy groups -OCH3 is 1. The second-order valence-electron chi connectivity index (χ2n) is 9.94. The van der Waals surface area contributed by atoms with Crippen LogP contribution in [0.2, 0.25) is 0 Å². The van der Waals surface area contributed by atoms with E-state index in [1.54, 1.807) is 38.3 Å². The van der Waals surface area contributed by atoms with Crippen LogP contribution in [0.3, 0.4) is 0 Å². The Morgan fingerprint density at radius 1 is 1.26 bits per heavy atom. The molecule has 34 heavy (non-hydrogen) atoms. The van der Waals surface area contributed by atoms with E-state index in [1.165, 1.54) is 4.90 Å². The number of amides is 2. The van der Waals surface area contributed by atoms with Gasteiger partial charge in [0.15, 0.2) is 0 Å². The zero-order chi connectivity index (χ0) is 24.8. The van der Waals surface area contributed by atoms with Crippen LogP contribution in [0.4, 0.5) is 5.69 Å². The molecule has 0 aliphatic carbocycles. The first-order valence-electron chi connectivity index (χ1n) is 11.9. The number of hydrogen-bond donors (Lipinski definition) is 2. The number of ether oxygens (including phenoxy) is 3. The lowest BCUT2D eigenvalue weighted by molar-refractivity contribution is -0.160. The molecule has 2 bridgehead atoms. The molecule has 4 rings (SSSR count). The second-order valence-corrected chi connectivity index (χ2v) is 9.94. The van der Waals surface area contributed by atoms with Gasteiger partial charge in [-0.1, -0.05) is 13.8 Å². The van der Waals surface area contributed by atoms with Gasteiger partial charge in [-0.05, 0) is 56.9 Å². The number of aliphatic hydroxyl groups excluding tert-OH is 1. The summed E-state index contributed by atoms with van der Waals surface area (Å²) in [5.41, 5.74) is -1.50. The Labute approximate surface area is 199 Å². The smallest absolute Gasteiger partial charge is 0.312 e. The first-order chi connectivity index (χ1) is 16.1. The molecule has 1 spiro atoms. The lowest BCUT2D eigenvalue weighted by atomic mass is 9.66. The molecule has 3 aliphatic heterocycles. The number of carbonyl (C=O) groups is 3. The zero-order valence-corrected chi connectivity index (χ0v) is 20.4. The van der Waals surface area contributed by atoms with E-state index in [9.17, 15) is 19.5 Å². The Balaban J connectivity index is 1.76. The Morgan fingerprint density at radius 2 is 1.94 bits per heavy atom. The van der Waals surface area contributed by atoms with Crippen molar-refractivity contribution in [2.45, 2.75) is 63.8 Å². The minimum atomic E-state index is -1.16. The third kappa shape index (κ3) is 3.56. The van der Waals surface area contributed by atoms with Gasteiger partial charge in [0.1, 0.15) is 23.3 Å². The molecule has 0 aromatic heterocycles. The minimum absolute atomic E-state index is 0.116. The molecule has 1 aromatic rings. The van der Waals surface area contributed by atoms with Crippen LogP contribution in [0.1, 0.15) is 40.5 Å². The molecule has 9 heteroatoms. The normalized spacial score (nSPS) is 32.6. The van der Waals surface area contributed by atoms with Gasteiger partial charge in [0.2, 0.25) is 11.8 Å². The number of hydrogen-bond acceptors (Lipinski definition) is 7. The predicted molar refractivity (Wildman–Crippen MR) is 123 cm³/mol. The number of nitrogens with zero attached hydrogens (tertiary/aromatic N) is 1. The quantitative estimate of drug-likeness (QED) is 0.554. The average molecular weight is 475 g/mol. The molecule has 186 valence electrons. The third-order valence-electron chi connectivity index (χ3n) is 7.67. The van der Waals surface area contributed by atoms with Crippen molar-refractivity contribution >= 4 is 23.5 Å². The number of fused-ring (bicyclic) bond motifs is 1. The van der Waals surface area contributed by atoms with Crippen molar-refractivity contribution < 1.29 is 33.7 Å². The van der Waals surface area contributed by atoms with Crippen molar-refractivity contribution in [2.24, 2.45) is 17.8 Å². The Bertz CT molecular complexity index is 965. The zero-order valence-electron chi connectivity index (χ0n) is 20.4. The summed E-state index contributed by atoms with van der Waals surface area (Å²) >= 11 is 0. The van der Waals surface area contributed by atoms with Gasteiger partial charge in [-0.3, -0.25) is 14.4 Å². The largest absolute Gasteiger partial charge is 0.497 e. The highest BCUT2D eigenvalue weighted by Crippen LogP contribution is 2.63. The van der Waals surface area contributed by atoms with E-state index in [2.05, 4.69) is 5.32 Å². The van der Waals surface area contributed by atoms with Gasteiger partial charge in [0.25, 0.3) is 0 Å². The fraction of sp³-hybridized carbons (Fsp3) is 0.640. The van der Waals surface area contributed by atoms with Crippen molar-refractivity contribution in [1.29, 1.82) is 0 Å². The minimum Gasteiger partial charge on any atom is -0.497 e. The van der Waals surface area contributed by atoms with E-state index in [0.29, 0.717) is 24.3 Å². The summed E-state index contributed by atoms with van der Waals surface area (Å²) in [7, 11) is 1.56. The van der Waals surface area contributed by atoms with Crippen LogP contribution in [-0.2, 0) is 23.9 Å². The molecule has 0 saturated carbocycles. The monoisotopic (exact) mass is 474 g/mol. The van der Waals surface area contributed by atoms with E-state index in [0.717, 1.165) is 0 Å². The fourth-order valence-electron chi connectivity index (χ4n) is 6.12. The first-order valence-corrected chi connectivity index (χ1v) is 11.9. The Kier molecular flexibility index (Phi) is 6.37. The number of likely N-dealkylation sites (tertiary alicyclic amines) is 1. The summed E-state index contributed by atoms with van der Waals surface area (Å²) in [6, 6.07) is 5.30. The molecule has 3 saturated heterocycles. The van der Waals surface area contributed by atoms with E-state index in [-0.39, 0.29) is 25.0 Å². The van der Waals surface area contributed by atoms with Gasteiger partial charge in [-0.2, -0.15) is 0 Å². The van der Waals surface area contributed by atoms with Crippen LogP contribution in [0.5, 0.6) is 5.75 Å². The molecule has 9 nitrogen and oxygen atoms in total. The van der Waals surface area contributed by atoms with Gasteiger partial charge in [0.05, 0.1) is 37.9 Å². The molecule has 3 aliphatic rings. The van der Waals surface area contributed by atoms with Crippen LogP contribution < -0.4 is 10.1 Å². The van der Waals surface area contributed by atoms with E-state index < -0.39 is 47.0 Å². The second kappa shape index (κ2) is 8.85. The van der Waals surface area contributed by atoms with Crippen molar-refractivity contribution in [1.82, 2.24) is 4.90 Å². The maximum Gasteiger partial charge on any atom is 0.312 e. The third-order valence-corrected chi connectivity index (χ3v) is 7.67. The standard InChI is InChI=1S/C25H34N2O7/c1-6-33-23(31)19-18-22(30)27(17(13-28)14(2)3)20(25(18)12-11-24(19,4)34-25)21(29)26-15-7-9-16(32-5)10-8-15/h7-10,14,17-20,28H,6,11-13H2,1-5H3,(H,26,29)/t17-,18-,19+,20?,24-,25?/m0/s1. The molecule has 2 unspecified atom stereocenters. The van der Waals surface area contributed by atoms with Crippen LogP contribution in [0, 0.1) is 17.8 Å². The average Bonchev–Trinajstić information content (AvgIpc) is 3.36. The summed E-state index contributed by atoms with van der Waals surface area (Å²) in [6.45, 7) is 7.21. The maximum atomic E-state index is 13.9. The molecule has 3 fully saturated rings. The van der Waals surface area contributed by atoms with Crippen molar-refractivity contribution in [3.8, 4) is 5.75 Å². The van der Waals surface area contributed by atoms with Gasteiger partial charge in [-0.25, -0.2) is 0 Å².